The molecule has 1 aromatic heterocycles. The van der Waals surface area contributed by atoms with Crippen molar-refractivity contribution < 1.29 is 9.84 Å². The van der Waals surface area contributed by atoms with Crippen LogP contribution in [0.25, 0.3) is 11.3 Å². The fraction of sp³-hybridized carbons (Fsp3) is 0.100. The molecule has 1 aromatic carbocycles. The van der Waals surface area contributed by atoms with Crippen LogP contribution in [0.15, 0.2) is 29.1 Å². The maximum atomic E-state index is 9.68. The zero-order chi connectivity index (χ0) is 9.97. The average Bonchev–Trinajstić information content (AvgIpc) is 2.70. The van der Waals surface area contributed by atoms with Gasteiger partial charge in [-0.1, -0.05) is 6.07 Å². The van der Waals surface area contributed by atoms with Crippen LogP contribution in [0.5, 0.6) is 11.5 Å². The molecule has 3 nitrogen and oxygen atoms in total. The summed E-state index contributed by atoms with van der Waals surface area (Å²) in [5.74, 6) is 0.825. The van der Waals surface area contributed by atoms with Crippen LogP contribution >= 0.6 is 11.3 Å². The Balaban J connectivity index is 2.61. The van der Waals surface area contributed by atoms with Crippen molar-refractivity contribution in [3.63, 3.8) is 0 Å². The first-order chi connectivity index (χ1) is 6.83. The molecule has 1 heterocycles. The third-order valence-corrected chi connectivity index (χ3v) is 2.50. The van der Waals surface area contributed by atoms with Gasteiger partial charge in [-0.3, -0.25) is 0 Å². The number of aromatic hydroxyl groups is 1. The summed E-state index contributed by atoms with van der Waals surface area (Å²) in [5.41, 5.74) is 3.11. The number of rotatable bonds is 2. The van der Waals surface area contributed by atoms with Crippen LogP contribution in [0.2, 0.25) is 0 Å². The Kier molecular flexibility index (Phi) is 2.37. The fourth-order valence-corrected chi connectivity index (χ4v) is 1.83. The third kappa shape index (κ3) is 1.44. The van der Waals surface area contributed by atoms with E-state index in [1.807, 2.05) is 5.38 Å². The summed E-state index contributed by atoms with van der Waals surface area (Å²) >= 11 is 1.48. The van der Waals surface area contributed by atoms with Gasteiger partial charge in [0.25, 0.3) is 0 Å². The smallest absolute Gasteiger partial charge is 0.132 e. The van der Waals surface area contributed by atoms with Crippen LogP contribution in [-0.4, -0.2) is 17.2 Å². The lowest BCUT2D eigenvalue weighted by Crippen LogP contribution is -1.88. The average molecular weight is 207 g/mol. The number of nitrogens with zero attached hydrogens (tertiary/aromatic N) is 1. The molecule has 14 heavy (non-hydrogen) atoms. The van der Waals surface area contributed by atoms with E-state index in [0.717, 1.165) is 5.69 Å². The normalized spacial score (nSPS) is 10.1. The summed E-state index contributed by atoms with van der Waals surface area (Å²) in [6.45, 7) is 0. The molecule has 0 atom stereocenters. The second-order valence-corrected chi connectivity index (χ2v) is 3.45. The molecule has 2 aromatic rings. The van der Waals surface area contributed by atoms with Gasteiger partial charge in [0.1, 0.15) is 11.5 Å². The molecule has 72 valence electrons. The number of thiazole rings is 1. The van der Waals surface area contributed by atoms with E-state index in [1.54, 1.807) is 30.8 Å². The van der Waals surface area contributed by atoms with E-state index in [2.05, 4.69) is 4.98 Å². The van der Waals surface area contributed by atoms with Crippen LogP contribution < -0.4 is 4.74 Å². The van der Waals surface area contributed by atoms with Gasteiger partial charge in [-0.15, -0.1) is 11.3 Å². The molecular formula is C10H9NO2S. The van der Waals surface area contributed by atoms with Crippen LogP contribution in [0.4, 0.5) is 0 Å². The van der Waals surface area contributed by atoms with Crippen LogP contribution in [0, 0.1) is 0 Å². The Hall–Kier alpha value is -1.55. The predicted octanol–water partition coefficient (Wildman–Crippen LogP) is 2.52. The second-order valence-electron chi connectivity index (χ2n) is 2.73. The zero-order valence-corrected chi connectivity index (χ0v) is 8.41. The summed E-state index contributed by atoms with van der Waals surface area (Å²) in [4.78, 5) is 4.13. The zero-order valence-electron chi connectivity index (χ0n) is 7.60. The second kappa shape index (κ2) is 3.67. The maximum Gasteiger partial charge on any atom is 0.132 e. The molecule has 0 fully saturated rings. The summed E-state index contributed by atoms with van der Waals surface area (Å²) < 4.78 is 5.15. The lowest BCUT2D eigenvalue weighted by molar-refractivity contribution is 0.410. The van der Waals surface area contributed by atoms with Crippen LogP contribution in [-0.2, 0) is 0 Å². The van der Waals surface area contributed by atoms with E-state index in [1.165, 1.54) is 11.3 Å². The summed E-state index contributed by atoms with van der Waals surface area (Å²) in [7, 11) is 1.57. The largest absolute Gasteiger partial charge is 0.507 e. The SMILES string of the molecule is COc1cccc(O)c1-c1cscn1. The topological polar surface area (TPSA) is 42.4 Å². The number of hydrogen-bond donors (Lipinski definition) is 1. The summed E-state index contributed by atoms with van der Waals surface area (Å²) in [6.07, 6.45) is 0. The van der Waals surface area contributed by atoms with Crippen molar-refractivity contribution in [3.8, 4) is 22.8 Å². The number of aromatic nitrogens is 1. The molecular weight excluding hydrogens is 198 g/mol. The third-order valence-electron chi connectivity index (χ3n) is 1.91. The molecule has 0 saturated heterocycles. The van der Waals surface area contributed by atoms with E-state index in [-0.39, 0.29) is 5.75 Å². The standard InChI is InChI=1S/C10H9NO2S/c1-13-9-4-2-3-8(12)10(9)7-5-14-6-11-7/h2-6,12H,1H3. The fourth-order valence-electron chi connectivity index (χ4n) is 1.28. The van der Waals surface area contributed by atoms with Gasteiger partial charge in [-0.2, -0.15) is 0 Å². The van der Waals surface area contributed by atoms with E-state index < -0.39 is 0 Å². The molecule has 1 N–H and O–H groups in total. The Morgan fingerprint density at radius 2 is 2.29 bits per heavy atom. The highest BCUT2D eigenvalue weighted by Crippen LogP contribution is 2.36. The van der Waals surface area contributed by atoms with E-state index in [9.17, 15) is 5.11 Å². The molecule has 0 spiro atoms. The Morgan fingerprint density at radius 3 is 2.93 bits per heavy atom. The highest BCUT2D eigenvalue weighted by molar-refractivity contribution is 7.07. The van der Waals surface area contributed by atoms with E-state index >= 15 is 0 Å². The molecule has 0 aliphatic heterocycles. The molecule has 0 bridgehead atoms. The van der Waals surface area contributed by atoms with Gasteiger partial charge in [0.15, 0.2) is 0 Å². The minimum Gasteiger partial charge on any atom is -0.507 e. The minimum absolute atomic E-state index is 0.190. The molecule has 0 aliphatic carbocycles. The highest BCUT2D eigenvalue weighted by atomic mass is 32.1. The number of ether oxygens (including phenoxy) is 1. The minimum atomic E-state index is 0.190. The van der Waals surface area contributed by atoms with Gasteiger partial charge in [0.05, 0.1) is 23.9 Å². The van der Waals surface area contributed by atoms with Crippen LogP contribution in [0.1, 0.15) is 0 Å². The first kappa shape index (κ1) is 9.02. The van der Waals surface area contributed by atoms with Gasteiger partial charge < -0.3 is 9.84 Å². The lowest BCUT2D eigenvalue weighted by atomic mass is 10.1. The lowest BCUT2D eigenvalue weighted by Gasteiger charge is -2.07. The van der Waals surface area contributed by atoms with Crippen molar-refractivity contribution in [1.82, 2.24) is 4.98 Å². The Bertz CT molecular complexity index is 426. The monoisotopic (exact) mass is 207 g/mol. The summed E-state index contributed by atoms with van der Waals surface area (Å²) in [5, 5.41) is 11.6. The number of hydrogen-bond acceptors (Lipinski definition) is 4. The number of benzene rings is 1. The van der Waals surface area contributed by atoms with Crippen molar-refractivity contribution in [2.45, 2.75) is 0 Å². The number of phenols is 1. The predicted molar refractivity (Wildman–Crippen MR) is 55.8 cm³/mol. The van der Waals surface area contributed by atoms with Crippen molar-refractivity contribution in [1.29, 1.82) is 0 Å². The molecule has 0 radical (unpaired) electrons. The summed E-state index contributed by atoms with van der Waals surface area (Å²) in [6, 6.07) is 5.16. The molecule has 0 unspecified atom stereocenters. The number of methoxy groups -OCH3 is 1. The van der Waals surface area contributed by atoms with Crippen LogP contribution in [0.3, 0.4) is 0 Å². The van der Waals surface area contributed by atoms with Gasteiger partial charge in [-0.25, -0.2) is 4.98 Å². The maximum absolute atomic E-state index is 9.68. The van der Waals surface area contributed by atoms with E-state index in [4.69, 9.17) is 4.74 Å². The first-order valence-corrected chi connectivity index (χ1v) is 5.01. The molecule has 0 saturated carbocycles. The molecule has 0 aliphatic rings. The van der Waals surface area contributed by atoms with Crippen molar-refractivity contribution in [2.24, 2.45) is 0 Å². The van der Waals surface area contributed by atoms with Crippen molar-refractivity contribution in [2.75, 3.05) is 7.11 Å². The molecule has 0 amide bonds. The Morgan fingerprint density at radius 1 is 1.43 bits per heavy atom. The van der Waals surface area contributed by atoms with Crippen molar-refractivity contribution >= 4 is 11.3 Å². The first-order valence-electron chi connectivity index (χ1n) is 4.07. The van der Waals surface area contributed by atoms with E-state index in [0.29, 0.717) is 11.3 Å². The van der Waals surface area contributed by atoms with Crippen molar-refractivity contribution in [3.05, 3.63) is 29.1 Å². The highest BCUT2D eigenvalue weighted by Gasteiger charge is 2.11. The number of phenolic OH excluding ortho intramolecular Hbond substituents is 1. The van der Waals surface area contributed by atoms with Gasteiger partial charge >= 0.3 is 0 Å². The molecule has 2 rings (SSSR count). The molecule has 4 heteroatoms. The van der Waals surface area contributed by atoms with Gasteiger partial charge in [0, 0.05) is 5.38 Å². The quantitative estimate of drug-likeness (QED) is 0.822. The Labute approximate surface area is 85.6 Å². The van der Waals surface area contributed by atoms with Gasteiger partial charge in [-0.05, 0) is 12.1 Å². The van der Waals surface area contributed by atoms with Gasteiger partial charge in [0.2, 0.25) is 0 Å².